The van der Waals surface area contributed by atoms with E-state index in [0.29, 0.717) is 35.6 Å². The number of ether oxygens (including phenoxy) is 3. The zero-order valence-corrected chi connectivity index (χ0v) is 17.2. The van der Waals surface area contributed by atoms with Gasteiger partial charge in [-0.2, -0.15) is 0 Å². The second-order valence-electron chi connectivity index (χ2n) is 6.69. The Balaban J connectivity index is 1.78. The van der Waals surface area contributed by atoms with E-state index in [1.165, 1.54) is 0 Å². The Morgan fingerprint density at radius 3 is 2.48 bits per heavy atom. The fourth-order valence-corrected chi connectivity index (χ4v) is 3.15. The molecular formula is C23H21N3O5. The van der Waals surface area contributed by atoms with Crippen molar-refractivity contribution in [3.63, 3.8) is 0 Å². The maximum atomic E-state index is 12.5. The van der Waals surface area contributed by atoms with E-state index in [1.807, 2.05) is 37.3 Å². The van der Waals surface area contributed by atoms with Crippen LogP contribution in [0, 0.1) is 0 Å². The number of nitrogens with one attached hydrogen (secondary N) is 1. The molecule has 2 aromatic carbocycles. The Kier molecular flexibility index (Phi) is 5.79. The molecule has 0 aliphatic heterocycles. The smallest absolute Gasteiger partial charge is 0.374 e. The minimum Gasteiger partial charge on any atom is -0.490 e. The molecule has 1 N–H and O–H groups in total. The summed E-state index contributed by atoms with van der Waals surface area (Å²) in [7, 11) is 0. The third-order valence-electron chi connectivity index (χ3n) is 4.56. The summed E-state index contributed by atoms with van der Waals surface area (Å²) >= 11 is 0. The number of aromatic amines is 1. The molecule has 0 bridgehead atoms. The number of rotatable bonds is 7. The van der Waals surface area contributed by atoms with Crippen molar-refractivity contribution >= 4 is 27.9 Å². The van der Waals surface area contributed by atoms with E-state index in [-0.39, 0.29) is 23.5 Å². The van der Waals surface area contributed by atoms with Gasteiger partial charge in [-0.15, -0.1) is 0 Å². The summed E-state index contributed by atoms with van der Waals surface area (Å²) in [5.74, 6) is 0.194. The Labute approximate surface area is 177 Å². The number of fused-ring (bicyclic) bond motifs is 2. The van der Waals surface area contributed by atoms with Gasteiger partial charge in [-0.3, -0.25) is 4.79 Å². The number of H-pyrrole nitrogens is 1. The summed E-state index contributed by atoms with van der Waals surface area (Å²) < 4.78 is 16.6. The maximum Gasteiger partial charge on any atom is 0.374 e. The predicted molar refractivity (Wildman–Crippen MR) is 116 cm³/mol. The fraction of sp³-hybridized carbons (Fsp3) is 0.217. The third kappa shape index (κ3) is 4.32. The van der Waals surface area contributed by atoms with Gasteiger partial charge >= 0.3 is 5.97 Å². The van der Waals surface area contributed by atoms with E-state index in [0.717, 1.165) is 5.56 Å². The van der Waals surface area contributed by atoms with E-state index in [2.05, 4.69) is 15.0 Å². The molecule has 0 fully saturated rings. The molecular weight excluding hydrogens is 398 g/mol. The number of nitrogens with zero attached hydrogens (tertiary/aromatic N) is 2. The molecule has 0 amide bonds. The lowest BCUT2D eigenvalue weighted by atomic mass is 10.1. The minimum atomic E-state index is -0.707. The van der Waals surface area contributed by atoms with Crippen LogP contribution in [0.1, 0.15) is 30.0 Å². The summed E-state index contributed by atoms with van der Waals surface area (Å²) in [4.78, 5) is 35.6. The van der Waals surface area contributed by atoms with Crippen LogP contribution < -0.4 is 15.0 Å². The first-order chi connectivity index (χ1) is 15.1. The van der Waals surface area contributed by atoms with Crippen LogP contribution in [0.15, 0.2) is 53.3 Å². The molecule has 0 aliphatic carbocycles. The minimum absolute atomic E-state index is 0.150. The summed E-state index contributed by atoms with van der Waals surface area (Å²) in [5.41, 5.74) is 1.26. The zero-order valence-electron chi connectivity index (χ0n) is 17.2. The van der Waals surface area contributed by atoms with Gasteiger partial charge in [0.15, 0.2) is 17.1 Å². The molecule has 8 heteroatoms. The predicted octanol–water partition coefficient (Wildman–Crippen LogP) is 3.63. The first-order valence-corrected chi connectivity index (χ1v) is 9.94. The average Bonchev–Trinajstić information content (AvgIpc) is 2.77. The Hall–Kier alpha value is -3.94. The first kappa shape index (κ1) is 20.3. The van der Waals surface area contributed by atoms with Gasteiger partial charge in [0.05, 0.1) is 24.1 Å². The van der Waals surface area contributed by atoms with E-state index >= 15 is 0 Å². The van der Waals surface area contributed by atoms with Gasteiger partial charge in [0.2, 0.25) is 5.82 Å². The van der Waals surface area contributed by atoms with Crippen LogP contribution in [-0.2, 0) is 11.3 Å². The topological polar surface area (TPSA) is 103 Å². The average molecular weight is 419 g/mol. The molecule has 158 valence electrons. The second kappa shape index (κ2) is 8.83. The highest BCUT2D eigenvalue weighted by atomic mass is 16.5. The highest BCUT2D eigenvalue weighted by Gasteiger charge is 2.16. The van der Waals surface area contributed by atoms with Crippen molar-refractivity contribution in [3.8, 4) is 11.5 Å². The number of carbonyl (C=O) groups excluding carboxylic acids is 1. The van der Waals surface area contributed by atoms with Crippen molar-refractivity contribution in [2.24, 2.45) is 0 Å². The van der Waals surface area contributed by atoms with Gasteiger partial charge in [0.1, 0.15) is 6.61 Å². The van der Waals surface area contributed by atoms with Crippen LogP contribution in [0.4, 0.5) is 0 Å². The lowest BCUT2D eigenvalue weighted by molar-refractivity contribution is 0.0512. The molecule has 31 heavy (non-hydrogen) atoms. The molecule has 4 rings (SSSR count). The van der Waals surface area contributed by atoms with Crippen LogP contribution >= 0.6 is 0 Å². The quantitative estimate of drug-likeness (QED) is 0.360. The van der Waals surface area contributed by atoms with Gasteiger partial charge in [-0.05, 0) is 31.5 Å². The van der Waals surface area contributed by atoms with E-state index in [4.69, 9.17) is 14.2 Å². The van der Waals surface area contributed by atoms with E-state index in [1.54, 1.807) is 25.1 Å². The molecule has 4 aromatic rings. The SMILES string of the molecule is CCOC(=O)c1nc2nc3cc(OCc4ccccc4)c(OCC)cc3cc2c(=O)[nH]1. The highest BCUT2D eigenvalue weighted by Crippen LogP contribution is 2.33. The zero-order chi connectivity index (χ0) is 21.8. The van der Waals surface area contributed by atoms with Crippen LogP contribution in [0.25, 0.3) is 21.9 Å². The van der Waals surface area contributed by atoms with Gasteiger partial charge in [0.25, 0.3) is 5.56 Å². The number of carbonyl (C=O) groups is 1. The summed E-state index contributed by atoms with van der Waals surface area (Å²) in [6.07, 6.45) is 0. The van der Waals surface area contributed by atoms with Crippen molar-refractivity contribution < 1.29 is 19.0 Å². The second-order valence-corrected chi connectivity index (χ2v) is 6.69. The molecule has 0 saturated carbocycles. The van der Waals surface area contributed by atoms with Crippen molar-refractivity contribution in [3.05, 3.63) is 70.3 Å². The molecule has 0 radical (unpaired) electrons. The van der Waals surface area contributed by atoms with Crippen LogP contribution in [0.5, 0.6) is 11.5 Å². The number of pyridine rings is 1. The number of esters is 1. The van der Waals surface area contributed by atoms with Gasteiger partial charge in [-0.1, -0.05) is 30.3 Å². The Bertz CT molecular complexity index is 1300. The van der Waals surface area contributed by atoms with Crippen LogP contribution in [0.2, 0.25) is 0 Å². The van der Waals surface area contributed by atoms with E-state index in [9.17, 15) is 9.59 Å². The number of benzene rings is 2. The lowest BCUT2D eigenvalue weighted by Crippen LogP contribution is -2.18. The molecule has 2 aromatic heterocycles. The molecule has 0 spiro atoms. The Morgan fingerprint density at radius 2 is 1.74 bits per heavy atom. The first-order valence-electron chi connectivity index (χ1n) is 9.94. The largest absolute Gasteiger partial charge is 0.490 e. The van der Waals surface area contributed by atoms with Crippen LogP contribution in [-0.4, -0.2) is 34.1 Å². The van der Waals surface area contributed by atoms with Gasteiger partial charge in [-0.25, -0.2) is 14.8 Å². The van der Waals surface area contributed by atoms with Crippen LogP contribution in [0.3, 0.4) is 0 Å². The number of hydrogen-bond donors (Lipinski definition) is 1. The van der Waals surface area contributed by atoms with Crippen molar-refractivity contribution in [1.29, 1.82) is 0 Å². The van der Waals surface area contributed by atoms with Gasteiger partial charge < -0.3 is 19.2 Å². The molecule has 0 unspecified atom stereocenters. The fourth-order valence-electron chi connectivity index (χ4n) is 3.15. The standard InChI is InChI=1S/C23H21N3O5/c1-3-29-18-11-15-10-16-20(25-21(26-22(16)27)23(28)30-4-2)24-17(15)12-19(18)31-13-14-8-6-5-7-9-14/h5-12H,3-4,13H2,1-2H3,(H,24,25,26,27). The summed E-state index contributed by atoms with van der Waals surface area (Å²) in [6.45, 7) is 4.56. The highest BCUT2D eigenvalue weighted by molar-refractivity contribution is 5.94. The maximum absolute atomic E-state index is 12.5. The third-order valence-corrected chi connectivity index (χ3v) is 4.56. The van der Waals surface area contributed by atoms with E-state index < -0.39 is 11.5 Å². The monoisotopic (exact) mass is 419 g/mol. The Morgan fingerprint density at radius 1 is 0.968 bits per heavy atom. The van der Waals surface area contributed by atoms with Gasteiger partial charge in [0, 0.05) is 11.5 Å². The normalized spacial score (nSPS) is 10.9. The molecule has 8 nitrogen and oxygen atoms in total. The molecule has 0 aliphatic rings. The summed E-state index contributed by atoms with van der Waals surface area (Å²) in [5, 5.41) is 0.958. The van der Waals surface area contributed by atoms with Crippen molar-refractivity contribution in [2.75, 3.05) is 13.2 Å². The molecule has 2 heterocycles. The van der Waals surface area contributed by atoms with Crippen molar-refractivity contribution in [1.82, 2.24) is 15.0 Å². The number of hydrogen-bond acceptors (Lipinski definition) is 7. The summed E-state index contributed by atoms with van der Waals surface area (Å²) in [6, 6.07) is 15.0. The van der Waals surface area contributed by atoms with Crippen molar-refractivity contribution in [2.45, 2.75) is 20.5 Å². The number of aromatic nitrogens is 3. The lowest BCUT2D eigenvalue weighted by Gasteiger charge is -2.13. The molecule has 0 saturated heterocycles. The molecule has 0 atom stereocenters.